The maximum Gasteiger partial charge on any atom is 0.324 e. The molecule has 7 nitrogen and oxygen atoms in total. The summed E-state index contributed by atoms with van der Waals surface area (Å²) in [6.45, 7) is 3.02. The molecule has 0 bridgehead atoms. The van der Waals surface area contributed by atoms with Crippen molar-refractivity contribution in [1.82, 2.24) is 4.90 Å². The van der Waals surface area contributed by atoms with Gasteiger partial charge in [0, 0.05) is 42.1 Å². The van der Waals surface area contributed by atoms with E-state index in [0.29, 0.717) is 36.8 Å². The zero-order valence-electron chi connectivity index (χ0n) is 19.0. The minimum Gasteiger partial charge on any atom is -0.493 e. The number of urea groups is 1. The Labute approximate surface area is 198 Å². The molecule has 2 aromatic carbocycles. The number of halogens is 1. The largest absolute Gasteiger partial charge is 0.493 e. The van der Waals surface area contributed by atoms with Crippen LogP contribution in [0.4, 0.5) is 10.5 Å². The summed E-state index contributed by atoms with van der Waals surface area (Å²) in [5.74, 6) is 1.20. The second-order valence-electron chi connectivity index (χ2n) is 7.26. The van der Waals surface area contributed by atoms with Crippen molar-refractivity contribution < 1.29 is 24.1 Å². The number of aliphatic hydroxyl groups excluding tert-OH is 1. The molecule has 1 unspecified atom stereocenters. The summed E-state index contributed by atoms with van der Waals surface area (Å²) in [5.41, 5.74) is 1.42. The zero-order valence-corrected chi connectivity index (χ0v) is 20.6. The van der Waals surface area contributed by atoms with E-state index in [-0.39, 0.29) is 12.6 Å². The second kappa shape index (κ2) is 14.0. The third-order valence-corrected chi connectivity index (χ3v) is 5.43. The molecule has 0 aliphatic carbocycles. The smallest absolute Gasteiger partial charge is 0.324 e. The van der Waals surface area contributed by atoms with Crippen molar-refractivity contribution in [3.63, 3.8) is 0 Å². The molecule has 2 amide bonds. The van der Waals surface area contributed by atoms with Crippen molar-refractivity contribution in [3.05, 3.63) is 52.5 Å². The number of anilines is 1. The number of aliphatic hydroxyl groups is 1. The fourth-order valence-corrected chi connectivity index (χ4v) is 3.50. The quantitative estimate of drug-likeness (QED) is 0.272. The van der Waals surface area contributed by atoms with Crippen LogP contribution in [0.15, 0.2) is 46.9 Å². The summed E-state index contributed by atoms with van der Waals surface area (Å²) in [7, 11) is 3.14. The lowest BCUT2D eigenvalue weighted by Crippen LogP contribution is -2.40. The van der Waals surface area contributed by atoms with E-state index in [1.54, 1.807) is 37.3 Å². The molecule has 2 aromatic rings. The maximum atomic E-state index is 13.2. The first-order valence-electron chi connectivity index (χ1n) is 10.8. The van der Waals surface area contributed by atoms with Gasteiger partial charge in [0.05, 0.1) is 13.7 Å². The molecule has 0 heterocycles. The Kier molecular flexibility index (Phi) is 11.3. The minimum absolute atomic E-state index is 0.0289. The first-order valence-corrected chi connectivity index (χ1v) is 11.6. The van der Waals surface area contributed by atoms with E-state index in [0.717, 1.165) is 29.3 Å². The molecule has 0 spiro atoms. The highest BCUT2D eigenvalue weighted by atomic mass is 79.9. The third kappa shape index (κ3) is 7.69. The summed E-state index contributed by atoms with van der Waals surface area (Å²) in [6, 6.07) is 12.5. The molecule has 8 heteroatoms. The van der Waals surface area contributed by atoms with Crippen LogP contribution in [-0.4, -0.2) is 50.0 Å². The zero-order chi connectivity index (χ0) is 23.3. The van der Waals surface area contributed by atoms with Crippen LogP contribution in [-0.2, 0) is 4.74 Å². The van der Waals surface area contributed by atoms with Crippen LogP contribution in [0.5, 0.6) is 11.5 Å². The first kappa shape index (κ1) is 26.0. The van der Waals surface area contributed by atoms with E-state index in [4.69, 9.17) is 14.2 Å². The van der Waals surface area contributed by atoms with Crippen LogP contribution in [0.2, 0.25) is 0 Å². The monoisotopic (exact) mass is 508 g/mol. The lowest BCUT2D eigenvalue weighted by molar-refractivity contribution is -0.00878. The number of nitrogens with zero attached hydrogens (tertiary/aromatic N) is 1. The van der Waals surface area contributed by atoms with Crippen molar-refractivity contribution in [2.45, 2.75) is 38.8 Å². The number of benzene rings is 2. The van der Waals surface area contributed by atoms with Gasteiger partial charge in [-0.15, -0.1) is 0 Å². The summed E-state index contributed by atoms with van der Waals surface area (Å²) < 4.78 is 17.9. The van der Waals surface area contributed by atoms with Gasteiger partial charge in [-0.3, -0.25) is 4.90 Å². The van der Waals surface area contributed by atoms with E-state index in [2.05, 4.69) is 28.2 Å². The normalized spacial score (nSPS) is 11.7. The Balaban J connectivity index is 2.20. The van der Waals surface area contributed by atoms with Crippen LogP contribution in [0, 0.1) is 0 Å². The van der Waals surface area contributed by atoms with E-state index < -0.39 is 6.23 Å². The van der Waals surface area contributed by atoms with E-state index in [1.807, 2.05) is 24.3 Å². The van der Waals surface area contributed by atoms with Gasteiger partial charge in [0.1, 0.15) is 0 Å². The van der Waals surface area contributed by atoms with Crippen LogP contribution >= 0.6 is 15.9 Å². The van der Waals surface area contributed by atoms with Gasteiger partial charge < -0.3 is 24.6 Å². The number of methoxy groups -OCH3 is 2. The van der Waals surface area contributed by atoms with Crippen molar-refractivity contribution in [1.29, 1.82) is 0 Å². The standard InChI is InChI=1S/C24H33BrN2O5/c1-4-5-6-16-32-22-17-20(12-13-21(22)30-2)26-24(29)27(14-7-15-28)23(31-3)18-8-10-19(25)11-9-18/h8-13,17,23,28H,4-7,14-16H2,1-3H3,(H,26,29). The molecular formula is C24H33BrN2O5. The number of ether oxygens (including phenoxy) is 3. The molecule has 0 aromatic heterocycles. The molecule has 2 N–H and O–H groups in total. The number of amides is 2. The highest BCUT2D eigenvalue weighted by Gasteiger charge is 2.25. The fraction of sp³-hybridized carbons (Fsp3) is 0.458. The number of unbranched alkanes of at least 4 members (excludes halogenated alkanes) is 2. The highest BCUT2D eigenvalue weighted by Crippen LogP contribution is 2.31. The Hall–Kier alpha value is -2.29. The molecule has 2 rings (SSSR count). The molecule has 1 atom stereocenters. The number of carbonyl (C=O) groups is 1. The predicted octanol–water partition coefficient (Wildman–Crippen LogP) is 5.59. The molecule has 0 aliphatic heterocycles. The maximum absolute atomic E-state index is 13.2. The molecule has 0 aliphatic rings. The van der Waals surface area contributed by atoms with Gasteiger partial charge in [0.2, 0.25) is 0 Å². The number of carbonyl (C=O) groups excluding carboxylic acids is 1. The Morgan fingerprint density at radius 1 is 1.09 bits per heavy atom. The van der Waals surface area contributed by atoms with Crippen molar-refractivity contribution >= 4 is 27.6 Å². The average Bonchev–Trinajstić information content (AvgIpc) is 2.80. The molecule has 32 heavy (non-hydrogen) atoms. The molecular weight excluding hydrogens is 476 g/mol. The van der Waals surface area contributed by atoms with Gasteiger partial charge in [-0.1, -0.05) is 47.8 Å². The summed E-state index contributed by atoms with van der Waals surface area (Å²) in [6.07, 6.45) is 2.98. The minimum atomic E-state index is -0.599. The highest BCUT2D eigenvalue weighted by molar-refractivity contribution is 9.10. The summed E-state index contributed by atoms with van der Waals surface area (Å²) >= 11 is 3.42. The van der Waals surface area contributed by atoms with Crippen LogP contribution in [0.25, 0.3) is 0 Å². The molecule has 0 fully saturated rings. The van der Waals surface area contributed by atoms with Crippen LogP contribution in [0.3, 0.4) is 0 Å². The van der Waals surface area contributed by atoms with E-state index in [9.17, 15) is 9.90 Å². The lowest BCUT2D eigenvalue weighted by atomic mass is 10.1. The SMILES string of the molecule is CCCCCOc1cc(NC(=O)N(CCCO)C(OC)c2ccc(Br)cc2)ccc1OC. The number of rotatable bonds is 13. The molecule has 0 saturated heterocycles. The molecule has 0 saturated carbocycles. The Morgan fingerprint density at radius 2 is 1.84 bits per heavy atom. The van der Waals surface area contributed by atoms with Crippen LogP contribution in [0.1, 0.15) is 44.4 Å². The predicted molar refractivity (Wildman–Crippen MR) is 129 cm³/mol. The number of nitrogens with one attached hydrogen (secondary N) is 1. The fourth-order valence-electron chi connectivity index (χ4n) is 3.23. The van der Waals surface area contributed by atoms with E-state index in [1.165, 1.54) is 0 Å². The molecule has 176 valence electrons. The van der Waals surface area contributed by atoms with Gasteiger partial charge in [-0.05, 0) is 37.1 Å². The van der Waals surface area contributed by atoms with Crippen molar-refractivity contribution in [3.8, 4) is 11.5 Å². The van der Waals surface area contributed by atoms with Crippen molar-refractivity contribution in [2.75, 3.05) is 39.3 Å². The van der Waals surface area contributed by atoms with Gasteiger partial charge in [-0.2, -0.15) is 0 Å². The first-order chi connectivity index (χ1) is 15.5. The van der Waals surface area contributed by atoms with Gasteiger partial charge in [0.15, 0.2) is 17.7 Å². The van der Waals surface area contributed by atoms with Gasteiger partial charge in [-0.25, -0.2) is 4.79 Å². The topological polar surface area (TPSA) is 80.3 Å². The van der Waals surface area contributed by atoms with Crippen molar-refractivity contribution in [2.24, 2.45) is 0 Å². The third-order valence-electron chi connectivity index (χ3n) is 4.90. The second-order valence-corrected chi connectivity index (χ2v) is 8.18. The summed E-state index contributed by atoms with van der Waals surface area (Å²) in [5, 5.41) is 12.2. The number of hydrogen-bond donors (Lipinski definition) is 2. The van der Waals surface area contributed by atoms with E-state index >= 15 is 0 Å². The summed E-state index contributed by atoms with van der Waals surface area (Å²) in [4.78, 5) is 14.8. The number of hydrogen-bond acceptors (Lipinski definition) is 5. The Bertz CT molecular complexity index is 832. The van der Waals surface area contributed by atoms with Gasteiger partial charge in [0.25, 0.3) is 0 Å². The lowest BCUT2D eigenvalue weighted by Gasteiger charge is -2.31. The molecule has 0 radical (unpaired) electrons. The Morgan fingerprint density at radius 3 is 2.47 bits per heavy atom. The average molecular weight is 509 g/mol. The van der Waals surface area contributed by atoms with Crippen LogP contribution < -0.4 is 14.8 Å². The van der Waals surface area contributed by atoms with Gasteiger partial charge >= 0.3 is 6.03 Å².